The minimum absolute atomic E-state index is 0.0188. The number of aliphatic hydroxyl groups excluding tert-OH is 1. The van der Waals surface area contributed by atoms with E-state index in [2.05, 4.69) is 58.3 Å². The quantitative estimate of drug-likeness (QED) is 0.904. The summed E-state index contributed by atoms with van der Waals surface area (Å²) >= 11 is 0. The Kier molecular flexibility index (Phi) is 4.45. The van der Waals surface area contributed by atoms with Gasteiger partial charge in [0.1, 0.15) is 17.5 Å². The van der Waals surface area contributed by atoms with Crippen molar-refractivity contribution in [3.05, 3.63) is 47.3 Å². The molecule has 1 aromatic heterocycles. The number of nitrogens with one attached hydrogen (secondary N) is 1. The average Bonchev–Trinajstić information content (AvgIpc) is 2.52. The summed E-state index contributed by atoms with van der Waals surface area (Å²) in [5, 5.41) is 12.5. The van der Waals surface area contributed by atoms with Crippen molar-refractivity contribution >= 4 is 11.6 Å². The molecule has 3 rings (SSSR count). The monoisotopic (exact) mass is 326 g/mol. The zero-order valence-corrected chi connectivity index (χ0v) is 14.9. The highest BCUT2D eigenvalue weighted by Crippen LogP contribution is 2.34. The van der Waals surface area contributed by atoms with Crippen LogP contribution in [0.4, 0.5) is 11.6 Å². The lowest BCUT2D eigenvalue weighted by molar-refractivity contribution is 0.281. The third kappa shape index (κ3) is 3.36. The van der Waals surface area contributed by atoms with Gasteiger partial charge in [0, 0.05) is 24.2 Å². The molecule has 0 aliphatic carbocycles. The van der Waals surface area contributed by atoms with Gasteiger partial charge in [-0.05, 0) is 45.2 Å². The lowest BCUT2D eigenvalue weighted by Gasteiger charge is -2.44. The predicted molar refractivity (Wildman–Crippen MR) is 97.3 cm³/mol. The summed E-state index contributed by atoms with van der Waals surface area (Å²) in [6.45, 7) is 9.25. The van der Waals surface area contributed by atoms with Gasteiger partial charge in [-0.3, -0.25) is 0 Å². The molecule has 1 aromatic carbocycles. The van der Waals surface area contributed by atoms with Crippen LogP contribution in [0.1, 0.15) is 37.7 Å². The second-order valence-corrected chi connectivity index (χ2v) is 7.23. The first-order valence-corrected chi connectivity index (χ1v) is 8.46. The highest BCUT2D eigenvalue weighted by molar-refractivity contribution is 5.54. The lowest BCUT2D eigenvalue weighted by Crippen LogP contribution is -2.49. The number of benzene rings is 1. The summed E-state index contributed by atoms with van der Waals surface area (Å²) in [6.07, 6.45) is 0.988. The van der Waals surface area contributed by atoms with E-state index in [1.54, 1.807) is 0 Å². The van der Waals surface area contributed by atoms with Gasteiger partial charge in [0.2, 0.25) is 0 Å². The molecular formula is C19H26N4O. The number of hydrogen-bond acceptors (Lipinski definition) is 5. The lowest BCUT2D eigenvalue weighted by atomic mass is 9.85. The third-order valence-corrected chi connectivity index (χ3v) is 4.57. The molecule has 1 aliphatic rings. The van der Waals surface area contributed by atoms with E-state index in [1.165, 1.54) is 11.1 Å². The van der Waals surface area contributed by atoms with E-state index in [0.717, 1.165) is 30.4 Å². The van der Waals surface area contributed by atoms with E-state index in [9.17, 15) is 5.11 Å². The van der Waals surface area contributed by atoms with Crippen LogP contribution in [0.2, 0.25) is 0 Å². The molecule has 24 heavy (non-hydrogen) atoms. The van der Waals surface area contributed by atoms with Gasteiger partial charge in [-0.15, -0.1) is 0 Å². The number of aromatic nitrogens is 2. The predicted octanol–water partition coefficient (Wildman–Crippen LogP) is 2.92. The molecule has 2 N–H and O–H groups in total. The van der Waals surface area contributed by atoms with Crippen LogP contribution in [0.25, 0.3) is 0 Å². The maximum Gasteiger partial charge on any atom is 0.135 e. The minimum atomic E-state index is -0.0396. The van der Waals surface area contributed by atoms with Gasteiger partial charge in [0.25, 0.3) is 0 Å². The minimum Gasteiger partial charge on any atom is -0.394 e. The van der Waals surface area contributed by atoms with E-state index in [-0.39, 0.29) is 18.2 Å². The Morgan fingerprint density at radius 2 is 1.96 bits per heavy atom. The highest BCUT2D eigenvalue weighted by atomic mass is 16.3. The smallest absolute Gasteiger partial charge is 0.135 e. The van der Waals surface area contributed by atoms with Crippen LogP contribution >= 0.6 is 0 Å². The molecule has 0 radical (unpaired) electrons. The molecule has 128 valence electrons. The number of aliphatic hydroxyl groups is 1. The van der Waals surface area contributed by atoms with E-state index in [0.29, 0.717) is 0 Å². The summed E-state index contributed by atoms with van der Waals surface area (Å²) in [4.78, 5) is 11.5. The Morgan fingerprint density at radius 3 is 2.67 bits per heavy atom. The molecule has 0 amide bonds. The van der Waals surface area contributed by atoms with Gasteiger partial charge < -0.3 is 15.3 Å². The van der Waals surface area contributed by atoms with Crippen molar-refractivity contribution in [2.75, 3.05) is 16.8 Å². The molecule has 0 saturated carbocycles. The second kappa shape index (κ2) is 6.40. The fourth-order valence-electron chi connectivity index (χ4n) is 3.28. The zero-order chi connectivity index (χ0) is 17.3. The molecule has 1 atom stereocenters. The van der Waals surface area contributed by atoms with Crippen LogP contribution in [0.15, 0.2) is 30.3 Å². The van der Waals surface area contributed by atoms with Gasteiger partial charge in [0.15, 0.2) is 0 Å². The first kappa shape index (κ1) is 16.7. The molecule has 5 nitrogen and oxygen atoms in total. The van der Waals surface area contributed by atoms with Gasteiger partial charge in [-0.25, -0.2) is 9.97 Å². The van der Waals surface area contributed by atoms with Crippen LogP contribution in [0, 0.1) is 6.92 Å². The number of rotatable bonds is 4. The normalized spacial score (nSPS) is 17.3. The van der Waals surface area contributed by atoms with Crippen LogP contribution in [-0.2, 0) is 13.0 Å². The number of fused-ring (bicyclic) bond motifs is 1. The molecule has 0 bridgehead atoms. The molecule has 0 saturated heterocycles. The topological polar surface area (TPSA) is 61.3 Å². The number of aryl methyl sites for hydroxylation is 1. The van der Waals surface area contributed by atoms with E-state index in [1.807, 2.05) is 19.9 Å². The average molecular weight is 326 g/mol. The molecule has 2 heterocycles. The maximum atomic E-state index is 9.26. The SMILES string of the molecule is Cc1nc(N[C@H](C)CO)cc(N2Cc3ccccc3CC2(C)C)n1. The van der Waals surface area contributed by atoms with Gasteiger partial charge in [-0.1, -0.05) is 24.3 Å². The third-order valence-electron chi connectivity index (χ3n) is 4.57. The summed E-state index contributed by atoms with van der Waals surface area (Å²) in [5.41, 5.74) is 2.75. The van der Waals surface area contributed by atoms with Crippen molar-refractivity contribution in [1.82, 2.24) is 9.97 Å². The molecule has 1 aliphatic heterocycles. The van der Waals surface area contributed by atoms with E-state index < -0.39 is 0 Å². The summed E-state index contributed by atoms with van der Waals surface area (Å²) in [7, 11) is 0. The number of hydrogen-bond donors (Lipinski definition) is 2. The Labute approximate surface area is 143 Å². The van der Waals surface area contributed by atoms with Crippen LogP contribution in [0.3, 0.4) is 0 Å². The Morgan fingerprint density at radius 1 is 1.25 bits per heavy atom. The van der Waals surface area contributed by atoms with Gasteiger partial charge >= 0.3 is 0 Å². The van der Waals surface area contributed by atoms with E-state index >= 15 is 0 Å². The highest BCUT2D eigenvalue weighted by Gasteiger charge is 2.33. The Balaban J connectivity index is 1.96. The van der Waals surface area contributed by atoms with Crippen molar-refractivity contribution in [3.8, 4) is 0 Å². The van der Waals surface area contributed by atoms with Crippen molar-refractivity contribution in [1.29, 1.82) is 0 Å². The largest absolute Gasteiger partial charge is 0.394 e. The molecule has 0 spiro atoms. The second-order valence-electron chi connectivity index (χ2n) is 7.23. The van der Waals surface area contributed by atoms with Crippen molar-refractivity contribution in [2.45, 2.75) is 52.2 Å². The summed E-state index contributed by atoms with van der Waals surface area (Å²) < 4.78 is 0. The van der Waals surface area contributed by atoms with Crippen LogP contribution < -0.4 is 10.2 Å². The van der Waals surface area contributed by atoms with Crippen LogP contribution in [0.5, 0.6) is 0 Å². The number of nitrogens with zero attached hydrogens (tertiary/aromatic N) is 3. The first-order valence-electron chi connectivity index (χ1n) is 8.46. The molecule has 5 heteroatoms. The van der Waals surface area contributed by atoms with Crippen molar-refractivity contribution in [3.63, 3.8) is 0 Å². The van der Waals surface area contributed by atoms with Gasteiger partial charge in [-0.2, -0.15) is 0 Å². The van der Waals surface area contributed by atoms with Crippen molar-refractivity contribution < 1.29 is 5.11 Å². The Hall–Kier alpha value is -2.14. The Bertz CT molecular complexity index is 729. The summed E-state index contributed by atoms with van der Waals surface area (Å²) in [6, 6.07) is 10.6. The fourth-order valence-corrected chi connectivity index (χ4v) is 3.28. The standard InChI is InChI=1S/C19H26N4O/c1-13(12-24)20-17-9-18(22-14(2)21-17)23-11-16-8-6-5-7-15(16)10-19(23,3)4/h5-9,13,24H,10-12H2,1-4H3,(H,20,21,22)/t13-/m1/s1. The molecular weight excluding hydrogens is 300 g/mol. The number of anilines is 2. The van der Waals surface area contributed by atoms with Crippen molar-refractivity contribution in [2.24, 2.45) is 0 Å². The first-order chi connectivity index (χ1) is 11.4. The summed E-state index contributed by atoms with van der Waals surface area (Å²) in [5.74, 6) is 2.41. The molecule has 2 aromatic rings. The maximum absolute atomic E-state index is 9.26. The fraction of sp³-hybridized carbons (Fsp3) is 0.474. The molecule has 0 unspecified atom stereocenters. The van der Waals surface area contributed by atoms with E-state index in [4.69, 9.17) is 0 Å². The van der Waals surface area contributed by atoms with Gasteiger partial charge in [0.05, 0.1) is 6.61 Å². The zero-order valence-electron chi connectivity index (χ0n) is 14.9. The van der Waals surface area contributed by atoms with Crippen LogP contribution in [-0.4, -0.2) is 33.3 Å². The molecule has 0 fully saturated rings.